The Morgan fingerprint density at radius 2 is 2.41 bits per heavy atom. The Morgan fingerprint density at radius 3 is 3.18 bits per heavy atom. The zero-order valence-electron chi connectivity index (χ0n) is 9.20. The van der Waals surface area contributed by atoms with Crippen LogP contribution in [0.1, 0.15) is 6.92 Å². The molecule has 0 aliphatic heterocycles. The normalized spacial score (nSPS) is 10.7. The quantitative estimate of drug-likeness (QED) is 0.693. The van der Waals surface area contributed by atoms with Gasteiger partial charge in [0.05, 0.1) is 10.2 Å². The predicted molar refractivity (Wildman–Crippen MR) is 74.0 cm³/mol. The third-order valence-corrected chi connectivity index (χ3v) is 4.45. The van der Waals surface area contributed by atoms with E-state index in [0.29, 0.717) is 11.6 Å². The first-order valence-electron chi connectivity index (χ1n) is 5.08. The van der Waals surface area contributed by atoms with E-state index in [1.165, 1.54) is 6.92 Å². The van der Waals surface area contributed by atoms with Crippen LogP contribution in [0.15, 0.2) is 22.5 Å². The van der Waals surface area contributed by atoms with Crippen LogP contribution in [-0.4, -0.2) is 23.2 Å². The number of amides is 1. The molecule has 2 aromatic rings. The molecule has 0 aliphatic carbocycles. The fourth-order valence-corrected chi connectivity index (χ4v) is 3.45. The van der Waals surface area contributed by atoms with Gasteiger partial charge in [-0.1, -0.05) is 23.4 Å². The van der Waals surface area contributed by atoms with E-state index in [0.717, 1.165) is 20.3 Å². The number of aromatic nitrogens is 1. The minimum Gasteiger partial charge on any atom is -0.356 e. The number of nitrogens with zero attached hydrogens (tertiary/aromatic N) is 1. The van der Waals surface area contributed by atoms with E-state index < -0.39 is 0 Å². The van der Waals surface area contributed by atoms with Gasteiger partial charge in [0.2, 0.25) is 5.91 Å². The highest BCUT2D eigenvalue weighted by molar-refractivity contribution is 8.01. The second-order valence-corrected chi connectivity index (χ2v) is 6.23. The number of nitrogens with one attached hydrogen (secondary N) is 1. The molecular formula is C11H11ClN2OS2. The summed E-state index contributed by atoms with van der Waals surface area (Å²) in [5.41, 5.74) is 0.935. The van der Waals surface area contributed by atoms with Crippen molar-refractivity contribution in [1.82, 2.24) is 10.3 Å². The number of thiazole rings is 1. The molecule has 0 radical (unpaired) electrons. The van der Waals surface area contributed by atoms with Crippen LogP contribution in [0.3, 0.4) is 0 Å². The number of halogens is 1. The first-order chi connectivity index (χ1) is 8.15. The van der Waals surface area contributed by atoms with Crippen molar-refractivity contribution in [2.24, 2.45) is 0 Å². The molecule has 0 spiro atoms. The number of hydrogen-bond donors (Lipinski definition) is 1. The number of thioether (sulfide) groups is 1. The summed E-state index contributed by atoms with van der Waals surface area (Å²) < 4.78 is 2.14. The maximum atomic E-state index is 10.7. The van der Waals surface area contributed by atoms with Crippen molar-refractivity contribution in [2.75, 3.05) is 12.3 Å². The van der Waals surface area contributed by atoms with E-state index in [1.54, 1.807) is 23.1 Å². The Bertz CT molecular complexity index is 541. The van der Waals surface area contributed by atoms with Gasteiger partial charge in [-0.15, -0.1) is 11.3 Å². The summed E-state index contributed by atoms with van der Waals surface area (Å²) >= 11 is 9.19. The largest absolute Gasteiger partial charge is 0.356 e. The van der Waals surface area contributed by atoms with Gasteiger partial charge in [-0.2, -0.15) is 0 Å². The van der Waals surface area contributed by atoms with Crippen LogP contribution in [0.2, 0.25) is 5.02 Å². The average molecular weight is 287 g/mol. The summed E-state index contributed by atoms with van der Waals surface area (Å²) in [5, 5.41) is 3.46. The molecular weight excluding hydrogens is 276 g/mol. The highest BCUT2D eigenvalue weighted by atomic mass is 35.5. The Morgan fingerprint density at radius 1 is 1.59 bits per heavy atom. The molecule has 1 aromatic heterocycles. The molecule has 90 valence electrons. The van der Waals surface area contributed by atoms with Crippen molar-refractivity contribution in [1.29, 1.82) is 0 Å². The van der Waals surface area contributed by atoms with E-state index in [9.17, 15) is 4.79 Å². The number of benzene rings is 1. The lowest BCUT2D eigenvalue weighted by atomic mass is 10.3. The summed E-state index contributed by atoms with van der Waals surface area (Å²) in [5.74, 6) is 0.828. The number of rotatable bonds is 4. The van der Waals surface area contributed by atoms with E-state index in [-0.39, 0.29) is 5.91 Å². The van der Waals surface area contributed by atoms with E-state index in [1.807, 2.05) is 18.2 Å². The van der Waals surface area contributed by atoms with Gasteiger partial charge in [0, 0.05) is 24.2 Å². The third kappa shape index (κ3) is 3.59. The van der Waals surface area contributed by atoms with Crippen molar-refractivity contribution < 1.29 is 4.79 Å². The number of hydrogen-bond acceptors (Lipinski definition) is 4. The molecule has 0 unspecified atom stereocenters. The van der Waals surface area contributed by atoms with Crippen LogP contribution < -0.4 is 5.32 Å². The van der Waals surface area contributed by atoms with Crippen LogP contribution in [0.25, 0.3) is 10.2 Å². The number of fused-ring (bicyclic) bond motifs is 1. The standard InChI is InChI=1S/C11H11ClN2OS2/c1-7(15)13-4-5-16-11-14-9-6-8(12)2-3-10(9)17-11/h2-3,6H,4-5H2,1H3,(H,13,15). The Kier molecular flexibility index (Phi) is 4.25. The first-order valence-corrected chi connectivity index (χ1v) is 7.26. The fourth-order valence-electron chi connectivity index (χ4n) is 1.31. The molecule has 0 bridgehead atoms. The van der Waals surface area contributed by atoms with E-state index in [4.69, 9.17) is 11.6 Å². The van der Waals surface area contributed by atoms with Gasteiger partial charge in [-0.25, -0.2) is 4.98 Å². The summed E-state index contributed by atoms with van der Waals surface area (Å²) in [7, 11) is 0. The lowest BCUT2D eigenvalue weighted by molar-refractivity contribution is -0.118. The molecule has 1 N–H and O–H groups in total. The van der Waals surface area contributed by atoms with Crippen molar-refractivity contribution in [3.05, 3.63) is 23.2 Å². The molecule has 0 aliphatic rings. The van der Waals surface area contributed by atoms with Gasteiger partial charge in [-0.3, -0.25) is 4.79 Å². The van der Waals surface area contributed by atoms with Crippen molar-refractivity contribution in [3.8, 4) is 0 Å². The second-order valence-electron chi connectivity index (χ2n) is 3.42. The number of carbonyl (C=O) groups excluding carboxylic acids is 1. The maximum absolute atomic E-state index is 10.7. The molecule has 0 saturated heterocycles. The van der Waals surface area contributed by atoms with Crippen LogP contribution in [0, 0.1) is 0 Å². The van der Waals surface area contributed by atoms with Crippen molar-refractivity contribution >= 4 is 50.8 Å². The van der Waals surface area contributed by atoms with Crippen molar-refractivity contribution in [3.63, 3.8) is 0 Å². The molecule has 17 heavy (non-hydrogen) atoms. The van der Waals surface area contributed by atoms with Crippen LogP contribution in [0.4, 0.5) is 0 Å². The molecule has 1 amide bonds. The summed E-state index contributed by atoms with van der Waals surface area (Å²) in [4.78, 5) is 15.2. The highest BCUT2D eigenvalue weighted by Crippen LogP contribution is 2.30. The Labute approximate surface area is 113 Å². The van der Waals surface area contributed by atoms with E-state index >= 15 is 0 Å². The second kappa shape index (κ2) is 5.71. The SMILES string of the molecule is CC(=O)NCCSc1nc2cc(Cl)ccc2s1. The summed E-state index contributed by atoms with van der Waals surface area (Å²) in [6, 6.07) is 5.71. The third-order valence-electron chi connectivity index (χ3n) is 2.03. The average Bonchev–Trinajstić information content (AvgIpc) is 2.66. The summed E-state index contributed by atoms with van der Waals surface area (Å²) in [6.07, 6.45) is 0. The topological polar surface area (TPSA) is 42.0 Å². The smallest absolute Gasteiger partial charge is 0.216 e. The Balaban J connectivity index is 1.97. The molecule has 0 fully saturated rings. The fraction of sp³-hybridized carbons (Fsp3) is 0.273. The van der Waals surface area contributed by atoms with Crippen molar-refractivity contribution in [2.45, 2.75) is 11.3 Å². The molecule has 3 nitrogen and oxygen atoms in total. The first kappa shape index (κ1) is 12.7. The van der Waals surface area contributed by atoms with Crippen LogP contribution in [-0.2, 0) is 4.79 Å². The van der Waals surface area contributed by atoms with Gasteiger partial charge in [0.15, 0.2) is 4.34 Å². The lowest BCUT2D eigenvalue weighted by Crippen LogP contribution is -2.22. The van der Waals surface area contributed by atoms with Crippen LogP contribution in [0.5, 0.6) is 0 Å². The molecule has 0 atom stereocenters. The van der Waals surface area contributed by atoms with E-state index in [2.05, 4.69) is 10.3 Å². The zero-order chi connectivity index (χ0) is 12.3. The van der Waals surface area contributed by atoms with Gasteiger partial charge in [0.25, 0.3) is 0 Å². The maximum Gasteiger partial charge on any atom is 0.216 e. The monoisotopic (exact) mass is 286 g/mol. The molecule has 2 rings (SSSR count). The van der Waals surface area contributed by atoms with Gasteiger partial charge >= 0.3 is 0 Å². The molecule has 0 saturated carbocycles. The van der Waals surface area contributed by atoms with Gasteiger partial charge in [0.1, 0.15) is 0 Å². The molecule has 1 heterocycles. The van der Waals surface area contributed by atoms with Gasteiger partial charge in [-0.05, 0) is 18.2 Å². The minimum atomic E-state index is 0.00156. The lowest BCUT2D eigenvalue weighted by Gasteiger charge is -1.98. The highest BCUT2D eigenvalue weighted by Gasteiger charge is 2.04. The Hall–Kier alpha value is -0.780. The van der Waals surface area contributed by atoms with Gasteiger partial charge < -0.3 is 5.32 Å². The predicted octanol–water partition coefficient (Wildman–Crippen LogP) is 3.18. The zero-order valence-corrected chi connectivity index (χ0v) is 11.6. The van der Waals surface area contributed by atoms with Crippen LogP contribution >= 0.6 is 34.7 Å². The summed E-state index contributed by atoms with van der Waals surface area (Å²) in [6.45, 7) is 2.18. The molecule has 1 aromatic carbocycles. The number of carbonyl (C=O) groups is 1. The minimum absolute atomic E-state index is 0.00156. The molecule has 6 heteroatoms.